The van der Waals surface area contributed by atoms with Gasteiger partial charge in [0.25, 0.3) is 5.91 Å². The molecule has 0 radical (unpaired) electrons. The Morgan fingerprint density at radius 2 is 2.06 bits per heavy atom. The van der Waals surface area contributed by atoms with E-state index in [0.717, 1.165) is 10.6 Å². The quantitative estimate of drug-likeness (QED) is 0.585. The number of hydrogen-bond acceptors (Lipinski definition) is 5. The van der Waals surface area contributed by atoms with Crippen LogP contribution in [0.5, 0.6) is 0 Å². The Morgan fingerprint density at radius 1 is 1.33 bits per heavy atom. The maximum atomic E-state index is 12.1. The maximum absolute atomic E-state index is 12.1. The Labute approximate surface area is 109 Å². The van der Waals surface area contributed by atoms with E-state index in [1.807, 2.05) is 19.9 Å². The Kier molecular flexibility index (Phi) is 3.59. The van der Waals surface area contributed by atoms with E-state index in [4.69, 9.17) is 5.84 Å². The third-order valence-corrected chi connectivity index (χ3v) is 3.56. The number of nitrogens with two attached hydrogens (primary N) is 1. The molecule has 18 heavy (non-hydrogen) atoms. The summed E-state index contributed by atoms with van der Waals surface area (Å²) in [6.07, 6.45) is 0. The molecule has 0 bridgehead atoms. The number of nitrogens with one attached hydrogen (secondary N) is 2. The molecule has 1 aromatic carbocycles. The first-order chi connectivity index (χ1) is 8.61. The van der Waals surface area contributed by atoms with Gasteiger partial charge < -0.3 is 5.43 Å². The Balaban J connectivity index is 2.22. The van der Waals surface area contributed by atoms with Crippen molar-refractivity contribution in [1.82, 2.24) is 4.98 Å². The van der Waals surface area contributed by atoms with E-state index in [2.05, 4.69) is 15.7 Å². The van der Waals surface area contributed by atoms with E-state index in [1.165, 1.54) is 11.3 Å². The third-order valence-electron chi connectivity index (χ3n) is 2.58. The first-order valence-corrected chi connectivity index (χ1v) is 6.24. The molecule has 0 aliphatic carbocycles. The predicted octanol–water partition coefficient (Wildman–Crippen LogP) is 2.30. The molecule has 0 aliphatic rings. The number of carbonyl (C=O) groups is 1. The number of anilines is 2. The monoisotopic (exact) mass is 262 g/mol. The first-order valence-electron chi connectivity index (χ1n) is 5.43. The summed E-state index contributed by atoms with van der Waals surface area (Å²) >= 11 is 1.46. The number of benzene rings is 1. The van der Waals surface area contributed by atoms with Crippen LogP contribution >= 0.6 is 11.3 Å². The van der Waals surface area contributed by atoms with Crippen molar-refractivity contribution in [3.8, 4) is 0 Å². The van der Waals surface area contributed by atoms with Gasteiger partial charge in [-0.25, -0.2) is 4.98 Å². The molecule has 1 aromatic heterocycles. The van der Waals surface area contributed by atoms with Crippen molar-refractivity contribution in [2.24, 2.45) is 5.84 Å². The van der Waals surface area contributed by atoms with Gasteiger partial charge in [0, 0.05) is 4.88 Å². The second-order valence-corrected chi connectivity index (χ2v) is 5.01. The van der Waals surface area contributed by atoms with Gasteiger partial charge in [0.15, 0.2) is 5.13 Å². The molecule has 5 nitrogen and oxygen atoms in total. The summed E-state index contributed by atoms with van der Waals surface area (Å²) < 4.78 is 0. The van der Waals surface area contributed by atoms with Crippen molar-refractivity contribution in [2.75, 3.05) is 10.7 Å². The van der Waals surface area contributed by atoms with E-state index >= 15 is 0 Å². The molecular weight excluding hydrogens is 248 g/mol. The molecule has 0 saturated heterocycles. The van der Waals surface area contributed by atoms with Gasteiger partial charge in [-0.3, -0.25) is 16.0 Å². The minimum atomic E-state index is -0.225. The smallest absolute Gasteiger partial charge is 0.259 e. The molecule has 0 aliphatic heterocycles. The first kappa shape index (κ1) is 12.5. The molecule has 1 amide bonds. The standard InChI is InChI=1S/C12H14N4OS/c1-7-8(2)18-12(14-7)15-11(17)9-5-3-4-6-10(9)16-13/h3-6,16H,13H2,1-2H3,(H,14,15,17). The summed E-state index contributed by atoms with van der Waals surface area (Å²) in [7, 11) is 0. The van der Waals surface area contributed by atoms with E-state index in [-0.39, 0.29) is 5.91 Å². The van der Waals surface area contributed by atoms with Crippen LogP contribution in [-0.2, 0) is 0 Å². The highest BCUT2D eigenvalue weighted by molar-refractivity contribution is 7.15. The molecule has 0 atom stereocenters. The normalized spacial score (nSPS) is 10.2. The Bertz CT molecular complexity index is 560. The Morgan fingerprint density at radius 3 is 2.67 bits per heavy atom. The molecular formula is C12H14N4OS. The lowest BCUT2D eigenvalue weighted by Gasteiger charge is -2.07. The van der Waals surface area contributed by atoms with Crippen molar-refractivity contribution in [3.63, 3.8) is 0 Å². The minimum absolute atomic E-state index is 0.225. The zero-order valence-electron chi connectivity index (χ0n) is 10.2. The molecule has 2 aromatic rings. The topological polar surface area (TPSA) is 80.0 Å². The molecule has 0 fully saturated rings. The van der Waals surface area contributed by atoms with E-state index in [9.17, 15) is 4.79 Å². The molecule has 4 N–H and O–H groups in total. The minimum Gasteiger partial charge on any atom is -0.323 e. The second-order valence-electron chi connectivity index (χ2n) is 3.80. The van der Waals surface area contributed by atoms with Crippen LogP contribution in [0.25, 0.3) is 0 Å². The molecule has 2 rings (SSSR count). The number of rotatable bonds is 3. The summed E-state index contributed by atoms with van der Waals surface area (Å²) in [6, 6.07) is 7.04. The number of thiazole rings is 1. The maximum Gasteiger partial charge on any atom is 0.259 e. The van der Waals surface area contributed by atoms with Crippen LogP contribution in [0.15, 0.2) is 24.3 Å². The van der Waals surface area contributed by atoms with Gasteiger partial charge >= 0.3 is 0 Å². The number of para-hydroxylation sites is 1. The van der Waals surface area contributed by atoms with Crippen molar-refractivity contribution in [2.45, 2.75) is 13.8 Å². The summed E-state index contributed by atoms with van der Waals surface area (Å²) in [5, 5.41) is 3.37. The fourth-order valence-corrected chi connectivity index (χ4v) is 2.31. The number of carbonyl (C=O) groups excluding carboxylic acids is 1. The summed E-state index contributed by atoms with van der Waals surface area (Å²) in [5.74, 6) is 5.14. The van der Waals surface area contributed by atoms with E-state index in [0.29, 0.717) is 16.4 Å². The predicted molar refractivity (Wildman–Crippen MR) is 73.8 cm³/mol. The number of aromatic nitrogens is 1. The highest BCUT2D eigenvalue weighted by Crippen LogP contribution is 2.22. The van der Waals surface area contributed by atoms with Gasteiger partial charge in [-0.1, -0.05) is 12.1 Å². The van der Waals surface area contributed by atoms with Crippen molar-refractivity contribution < 1.29 is 4.79 Å². The van der Waals surface area contributed by atoms with Gasteiger partial charge in [-0.2, -0.15) is 0 Å². The lowest BCUT2D eigenvalue weighted by molar-refractivity contribution is 0.102. The van der Waals surface area contributed by atoms with Crippen molar-refractivity contribution >= 4 is 28.1 Å². The van der Waals surface area contributed by atoms with Crippen LogP contribution < -0.4 is 16.6 Å². The molecule has 1 heterocycles. The fourth-order valence-electron chi connectivity index (χ4n) is 1.50. The largest absolute Gasteiger partial charge is 0.323 e. The highest BCUT2D eigenvalue weighted by Gasteiger charge is 2.12. The highest BCUT2D eigenvalue weighted by atomic mass is 32.1. The molecule has 94 valence electrons. The van der Waals surface area contributed by atoms with Crippen LogP contribution in [-0.4, -0.2) is 10.9 Å². The van der Waals surface area contributed by atoms with Crippen molar-refractivity contribution in [3.05, 3.63) is 40.4 Å². The summed E-state index contributed by atoms with van der Waals surface area (Å²) in [4.78, 5) is 17.4. The van der Waals surface area contributed by atoms with Crippen LogP contribution in [0.1, 0.15) is 20.9 Å². The molecule has 6 heteroatoms. The van der Waals surface area contributed by atoms with Crippen LogP contribution in [0.3, 0.4) is 0 Å². The van der Waals surface area contributed by atoms with Gasteiger partial charge in [0.2, 0.25) is 0 Å². The van der Waals surface area contributed by atoms with Gasteiger partial charge in [-0.05, 0) is 26.0 Å². The number of amides is 1. The lowest BCUT2D eigenvalue weighted by Crippen LogP contribution is -2.17. The summed E-state index contributed by atoms with van der Waals surface area (Å²) in [5.41, 5.74) is 4.51. The molecule has 0 saturated carbocycles. The van der Waals surface area contributed by atoms with Gasteiger partial charge in [0.1, 0.15) is 0 Å². The SMILES string of the molecule is Cc1nc(NC(=O)c2ccccc2NN)sc1C. The zero-order valence-corrected chi connectivity index (χ0v) is 11.0. The van der Waals surface area contributed by atoms with E-state index in [1.54, 1.807) is 18.2 Å². The van der Waals surface area contributed by atoms with Gasteiger partial charge in [-0.15, -0.1) is 11.3 Å². The number of hydrazine groups is 1. The Hall–Kier alpha value is -1.92. The number of nitrogen functional groups attached to an aromatic ring is 1. The second kappa shape index (κ2) is 5.16. The van der Waals surface area contributed by atoms with Crippen molar-refractivity contribution in [1.29, 1.82) is 0 Å². The van der Waals surface area contributed by atoms with E-state index < -0.39 is 0 Å². The third kappa shape index (κ3) is 2.49. The number of nitrogens with zero attached hydrogens (tertiary/aromatic N) is 1. The molecule has 0 spiro atoms. The van der Waals surface area contributed by atoms with Gasteiger partial charge in [0.05, 0.1) is 16.9 Å². The van der Waals surface area contributed by atoms with Crippen LogP contribution in [0.2, 0.25) is 0 Å². The number of aryl methyl sites for hydroxylation is 2. The average Bonchev–Trinajstić information content (AvgIpc) is 2.68. The molecule has 0 unspecified atom stereocenters. The fraction of sp³-hybridized carbons (Fsp3) is 0.167. The lowest BCUT2D eigenvalue weighted by atomic mass is 10.1. The average molecular weight is 262 g/mol. The number of hydrogen-bond donors (Lipinski definition) is 3. The zero-order chi connectivity index (χ0) is 13.1. The summed E-state index contributed by atoms with van der Waals surface area (Å²) in [6.45, 7) is 3.88. The van der Waals surface area contributed by atoms with Crippen LogP contribution in [0, 0.1) is 13.8 Å². The van der Waals surface area contributed by atoms with Crippen LogP contribution in [0.4, 0.5) is 10.8 Å².